The van der Waals surface area contributed by atoms with Crippen LogP contribution < -0.4 is 5.32 Å². The van der Waals surface area contributed by atoms with E-state index in [9.17, 15) is 0 Å². The molecule has 4 rings (SSSR count). The molecule has 3 aliphatic heterocycles. The van der Waals surface area contributed by atoms with E-state index in [1.807, 2.05) is 18.6 Å². The van der Waals surface area contributed by atoms with Gasteiger partial charge < -0.3 is 10.2 Å². The number of amidine groups is 1. The fourth-order valence-corrected chi connectivity index (χ4v) is 2.83. The van der Waals surface area contributed by atoms with Gasteiger partial charge in [-0.05, 0) is 25.5 Å². The van der Waals surface area contributed by atoms with Gasteiger partial charge in [0.1, 0.15) is 11.7 Å². The largest absolute Gasteiger partial charge is 0.369 e. The molecule has 1 aromatic rings. The Labute approximate surface area is 111 Å². The number of hydrogen-bond acceptors (Lipinski definition) is 5. The Morgan fingerprint density at radius 3 is 3.32 bits per heavy atom. The molecule has 5 heteroatoms. The van der Waals surface area contributed by atoms with Gasteiger partial charge in [0.15, 0.2) is 0 Å². The Morgan fingerprint density at radius 2 is 2.37 bits per heavy atom. The molecule has 0 amide bonds. The molecule has 1 atom stereocenters. The van der Waals surface area contributed by atoms with E-state index in [2.05, 4.69) is 38.2 Å². The van der Waals surface area contributed by atoms with Crippen LogP contribution in [-0.4, -0.2) is 41.2 Å². The maximum atomic E-state index is 4.68. The first-order chi connectivity index (χ1) is 9.34. The van der Waals surface area contributed by atoms with Crippen molar-refractivity contribution < 1.29 is 0 Å². The monoisotopic (exact) mass is 253 g/mol. The third-order valence-electron chi connectivity index (χ3n) is 3.82. The summed E-state index contributed by atoms with van der Waals surface area (Å²) in [5.41, 5.74) is 3.34. The number of nitrogens with zero attached hydrogens (tertiary/aromatic N) is 4. The fraction of sp³-hybridized carbons (Fsp3) is 0.357. The molecule has 4 heterocycles. The Kier molecular flexibility index (Phi) is 2.21. The summed E-state index contributed by atoms with van der Waals surface area (Å²) < 4.78 is 0. The summed E-state index contributed by atoms with van der Waals surface area (Å²) in [6.07, 6.45) is 4.66. The molecule has 0 aliphatic carbocycles. The third kappa shape index (κ3) is 1.51. The Morgan fingerprint density at radius 1 is 1.42 bits per heavy atom. The van der Waals surface area contributed by atoms with Crippen LogP contribution >= 0.6 is 0 Å². The van der Waals surface area contributed by atoms with E-state index >= 15 is 0 Å². The van der Waals surface area contributed by atoms with Crippen LogP contribution in [-0.2, 0) is 0 Å². The van der Waals surface area contributed by atoms with E-state index in [0.29, 0.717) is 6.04 Å². The van der Waals surface area contributed by atoms with Crippen LogP contribution in [0.25, 0.3) is 5.70 Å². The highest BCUT2D eigenvalue weighted by molar-refractivity contribution is 6.14. The van der Waals surface area contributed by atoms with Crippen molar-refractivity contribution in [1.29, 1.82) is 0 Å². The average molecular weight is 253 g/mol. The molecule has 5 nitrogen and oxygen atoms in total. The van der Waals surface area contributed by atoms with Crippen molar-refractivity contribution in [2.75, 3.05) is 18.4 Å². The molecule has 0 spiro atoms. The second-order valence-corrected chi connectivity index (χ2v) is 5.07. The maximum Gasteiger partial charge on any atom is 0.135 e. The molecule has 3 aliphatic rings. The van der Waals surface area contributed by atoms with E-state index in [4.69, 9.17) is 0 Å². The standard InChI is InChI=1S/C14H15N5/c1-9-7-17-14-11-4-6-16-13-10(3-2-5-15-13)12(11)18-8-19(9)14/h2-3,5,8-9H,4,6-7H2,1H3,(H,15,16). The van der Waals surface area contributed by atoms with Gasteiger partial charge in [0.2, 0.25) is 0 Å². The van der Waals surface area contributed by atoms with Crippen molar-refractivity contribution in [2.45, 2.75) is 19.4 Å². The molecule has 0 fully saturated rings. The van der Waals surface area contributed by atoms with Gasteiger partial charge in [-0.25, -0.2) is 9.98 Å². The zero-order chi connectivity index (χ0) is 12.8. The molecule has 0 saturated heterocycles. The van der Waals surface area contributed by atoms with E-state index in [-0.39, 0.29) is 0 Å². The summed E-state index contributed by atoms with van der Waals surface area (Å²) in [5.74, 6) is 2.01. The normalized spacial score (nSPS) is 24.2. The first-order valence-corrected chi connectivity index (χ1v) is 6.64. The lowest BCUT2D eigenvalue weighted by molar-refractivity contribution is 0.523. The second-order valence-electron chi connectivity index (χ2n) is 5.07. The van der Waals surface area contributed by atoms with Gasteiger partial charge in [0.05, 0.1) is 24.6 Å². The minimum absolute atomic E-state index is 0.414. The molecule has 0 saturated carbocycles. The quantitative estimate of drug-likeness (QED) is 0.766. The number of anilines is 1. The number of fused-ring (bicyclic) bond motifs is 4. The number of nitrogens with one attached hydrogen (secondary N) is 1. The lowest BCUT2D eigenvalue weighted by atomic mass is 10.0. The van der Waals surface area contributed by atoms with Crippen LogP contribution in [0.2, 0.25) is 0 Å². The van der Waals surface area contributed by atoms with E-state index < -0.39 is 0 Å². The number of aliphatic imine (C=N–C) groups is 2. The molecule has 1 unspecified atom stereocenters. The maximum absolute atomic E-state index is 4.68. The van der Waals surface area contributed by atoms with Gasteiger partial charge in [-0.15, -0.1) is 0 Å². The fourth-order valence-electron chi connectivity index (χ4n) is 2.83. The lowest BCUT2D eigenvalue weighted by Gasteiger charge is -2.26. The number of pyridine rings is 1. The van der Waals surface area contributed by atoms with Gasteiger partial charge in [0.25, 0.3) is 0 Å². The molecular formula is C14H15N5. The van der Waals surface area contributed by atoms with E-state index in [1.165, 1.54) is 5.57 Å². The van der Waals surface area contributed by atoms with Crippen molar-refractivity contribution in [3.63, 3.8) is 0 Å². The topological polar surface area (TPSA) is 52.9 Å². The molecule has 0 aromatic carbocycles. The van der Waals surface area contributed by atoms with Crippen LogP contribution in [0.1, 0.15) is 18.9 Å². The Hall–Kier alpha value is -2.17. The van der Waals surface area contributed by atoms with Crippen LogP contribution in [0.15, 0.2) is 33.9 Å². The Bertz CT molecular complexity index is 628. The lowest BCUT2D eigenvalue weighted by Crippen LogP contribution is -2.36. The van der Waals surface area contributed by atoms with Crippen molar-refractivity contribution >= 4 is 23.7 Å². The van der Waals surface area contributed by atoms with Gasteiger partial charge >= 0.3 is 0 Å². The van der Waals surface area contributed by atoms with Crippen molar-refractivity contribution in [2.24, 2.45) is 9.98 Å². The molecule has 0 radical (unpaired) electrons. The first-order valence-electron chi connectivity index (χ1n) is 6.64. The zero-order valence-corrected chi connectivity index (χ0v) is 10.8. The second kappa shape index (κ2) is 3.91. The number of hydrogen-bond donors (Lipinski definition) is 1. The predicted molar refractivity (Wildman–Crippen MR) is 76.4 cm³/mol. The van der Waals surface area contributed by atoms with Crippen molar-refractivity contribution in [1.82, 2.24) is 9.88 Å². The SMILES string of the molecule is CC1CN=C2C3=C(N=CN21)c1cccnc1NCC3. The van der Waals surface area contributed by atoms with Gasteiger partial charge in [-0.2, -0.15) is 0 Å². The summed E-state index contributed by atoms with van der Waals surface area (Å²) in [5, 5.41) is 3.37. The number of rotatable bonds is 0. The van der Waals surface area contributed by atoms with Crippen LogP contribution in [0.3, 0.4) is 0 Å². The highest BCUT2D eigenvalue weighted by Crippen LogP contribution is 2.34. The number of aromatic nitrogens is 1. The average Bonchev–Trinajstić information content (AvgIpc) is 2.71. The summed E-state index contributed by atoms with van der Waals surface area (Å²) in [7, 11) is 0. The van der Waals surface area contributed by atoms with Gasteiger partial charge in [0, 0.05) is 23.9 Å². The van der Waals surface area contributed by atoms with Crippen LogP contribution in [0.4, 0.5) is 5.82 Å². The molecule has 1 aromatic heterocycles. The van der Waals surface area contributed by atoms with E-state index in [0.717, 1.165) is 42.4 Å². The van der Waals surface area contributed by atoms with Crippen LogP contribution in [0.5, 0.6) is 0 Å². The summed E-state index contributed by atoms with van der Waals surface area (Å²) in [6.45, 7) is 3.91. The molecule has 0 bridgehead atoms. The first kappa shape index (κ1) is 10.7. The molecule has 19 heavy (non-hydrogen) atoms. The molecular weight excluding hydrogens is 238 g/mol. The minimum Gasteiger partial charge on any atom is -0.369 e. The highest BCUT2D eigenvalue weighted by atomic mass is 15.3. The third-order valence-corrected chi connectivity index (χ3v) is 3.82. The smallest absolute Gasteiger partial charge is 0.135 e. The minimum atomic E-state index is 0.414. The summed E-state index contributed by atoms with van der Waals surface area (Å²) in [4.78, 5) is 15.9. The van der Waals surface area contributed by atoms with Gasteiger partial charge in [-0.3, -0.25) is 4.99 Å². The molecule has 1 N–H and O–H groups in total. The van der Waals surface area contributed by atoms with Crippen molar-refractivity contribution in [3.8, 4) is 0 Å². The van der Waals surface area contributed by atoms with E-state index in [1.54, 1.807) is 0 Å². The zero-order valence-electron chi connectivity index (χ0n) is 10.8. The van der Waals surface area contributed by atoms with Crippen LogP contribution in [0, 0.1) is 0 Å². The molecule has 96 valence electrons. The Balaban J connectivity index is 1.89. The summed E-state index contributed by atoms with van der Waals surface area (Å²) in [6, 6.07) is 4.44. The predicted octanol–water partition coefficient (Wildman–Crippen LogP) is 1.75. The van der Waals surface area contributed by atoms with Crippen molar-refractivity contribution in [3.05, 3.63) is 29.5 Å². The highest BCUT2D eigenvalue weighted by Gasteiger charge is 2.32. The summed E-state index contributed by atoms with van der Waals surface area (Å²) >= 11 is 0. The van der Waals surface area contributed by atoms with Gasteiger partial charge in [-0.1, -0.05) is 0 Å².